The molecule has 0 N–H and O–H groups in total. The Kier molecular flexibility index (Phi) is 4.94. The van der Waals surface area contributed by atoms with E-state index in [1.165, 1.54) is 12.8 Å². The lowest BCUT2D eigenvalue weighted by Crippen LogP contribution is -2.39. The van der Waals surface area contributed by atoms with Gasteiger partial charge in [0.1, 0.15) is 5.69 Å². The van der Waals surface area contributed by atoms with Crippen LogP contribution in [0, 0.1) is 5.92 Å². The quantitative estimate of drug-likeness (QED) is 0.843. The van der Waals surface area contributed by atoms with Gasteiger partial charge in [0, 0.05) is 37.9 Å². The highest BCUT2D eigenvalue weighted by Crippen LogP contribution is 2.18. The Hall–Kier alpha value is -1.91. The average molecular weight is 315 g/mol. The molecule has 2 saturated heterocycles. The van der Waals surface area contributed by atoms with Crippen molar-refractivity contribution in [2.75, 3.05) is 26.2 Å². The second-order valence-electron chi connectivity index (χ2n) is 6.78. The van der Waals surface area contributed by atoms with Gasteiger partial charge in [-0.25, -0.2) is 0 Å². The fraction of sp³-hybridized carbons (Fsp3) is 0.611. The normalized spacial score (nSPS) is 22.0. The summed E-state index contributed by atoms with van der Waals surface area (Å²) in [5.74, 6) is 0.504. The van der Waals surface area contributed by atoms with Gasteiger partial charge >= 0.3 is 0 Å². The Balaban J connectivity index is 1.73. The van der Waals surface area contributed by atoms with E-state index >= 15 is 0 Å². The predicted octanol–water partition coefficient (Wildman–Crippen LogP) is 2.58. The largest absolute Gasteiger partial charge is 0.339 e. The van der Waals surface area contributed by atoms with Crippen LogP contribution in [0.15, 0.2) is 18.3 Å². The fourth-order valence-corrected chi connectivity index (χ4v) is 3.50. The van der Waals surface area contributed by atoms with Gasteiger partial charge in [0.05, 0.1) is 0 Å². The molecule has 2 amide bonds. The van der Waals surface area contributed by atoms with Gasteiger partial charge in [-0.1, -0.05) is 6.92 Å². The molecule has 0 saturated carbocycles. The van der Waals surface area contributed by atoms with Gasteiger partial charge in [-0.05, 0) is 50.2 Å². The van der Waals surface area contributed by atoms with Crippen molar-refractivity contribution < 1.29 is 9.59 Å². The van der Waals surface area contributed by atoms with Gasteiger partial charge in [-0.3, -0.25) is 14.6 Å². The van der Waals surface area contributed by atoms with Crippen molar-refractivity contribution in [3.63, 3.8) is 0 Å². The smallest absolute Gasteiger partial charge is 0.272 e. The number of amides is 2. The highest BCUT2D eigenvalue weighted by Gasteiger charge is 2.24. The van der Waals surface area contributed by atoms with E-state index in [1.54, 1.807) is 18.3 Å². The standard InChI is InChI=1S/C18H25N3O2/c1-14-6-5-11-21(13-14)18(23)16-12-15(7-8-19-16)17(22)20-9-3-2-4-10-20/h7-8,12,14H,2-6,9-11,13H2,1H3. The van der Waals surface area contributed by atoms with E-state index in [4.69, 9.17) is 0 Å². The Bertz CT molecular complexity index is 581. The minimum absolute atomic E-state index is 0.0214. The maximum absolute atomic E-state index is 12.6. The van der Waals surface area contributed by atoms with Crippen LogP contribution in [-0.2, 0) is 0 Å². The topological polar surface area (TPSA) is 53.5 Å². The lowest BCUT2D eigenvalue weighted by atomic mass is 10.00. The van der Waals surface area contributed by atoms with Crippen LogP contribution in [0.5, 0.6) is 0 Å². The number of rotatable bonds is 2. The molecule has 2 aliphatic heterocycles. The summed E-state index contributed by atoms with van der Waals surface area (Å²) < 4.78 is 0. The van der Waals surface area contributed by atoms with E-state index in [0.717, 1.165) is 45.4 Å². The number of carbonyl (C=O) groups excluding carboxylic acids is 2. The Morgan fingerprint density at radius 2 is 1.78 bits per heavy atom. The fourth-order valence-electron chi connectivity index (χ4n) is 3.50. The van der Waals surface area contributed by atoms with E-state index < -0.39 is 0 Å². The maximum Gasteiger partial charge on any atom is 0.272 e. The molecule has 1 unspecified atom stereocenters. The molecular formula is C18H25N3O2. The van der Waals surface area contributed by atoms with Gasteiger partial charge in [-0.15, -0.1) is 0 Å². The summed E-state index contributed by atoms with van der Waals surface area (Å²) in [7, 11) is 0. The Morgan fingerprint density at radius 3 is 2.52 bits per heavy atom. The zero-order valence-electron chi connectivity index (χ0n) is 13.8. The summed E-state index contributed by atoms with van der Waals surface area (Å²) in [4.78, 5) is 33.2. The molecule has 0 radical (unpaired) electrons. The van der Waals surface area contributed by atoms with Crippen molar-refractivity contribution in [1.29, 1.82) is 0 Å². The van der Waals surface area contributed by atoms with Gasteiger partial charge < -0.3 is 9.80 Å². The summed E-state index contributed by atoms with van der Waals surface area (Å²) in [5, 5.41) is 0. The van der Waals surface area contributed by atoms with Gasteiger partial charge in [0.15, 0.2) is 0 Å². The van der Waals surface area contributed by atoms with Gasteiger partial charge in [-0.2, -0.15) is 0 Å². The number of hydrogen-bond acceptors (Lipinski definition) is 3. The first kappa shape index (κ1) is 16.0. The number of aromatic nitrogens is 1. The first-order chi connectivity index (χ1) is 11.1. The summed E-state index contributed by atoms with van der Waals surface area (Å²) >= 11 is 0. The van der Waals surface area contributed by atoms with E-state index in [1.807, 2.05) is 9.80 Å². The molecule has 2 fully saturated rings. The minimum Gasteiger partial charge on any atom is -0.339 e. The van der Waals surface area contributed by atoms with Crippen molar-refractivity contribution in [1.82, 2.24) is 14.8 Å². The van der Waals surface area contributed by atoms with Crippen LogP contribution in [0.25, 0.3) is 0 Å². The van der Waals surface area contributed by atoms with E-state index in [-0.39, 0.29) is 11.8 Å². The van der Waals surface area contributed by atoms with Gasteiger partial charge in [0.25, 0.3) is 11.8 Å². The number of carbonyl (C=O) groups is 2. The van der Waals surface area contributed by atoms with E-state index in [2.05, 4.69) is 11.9 Å². The first-order valence-electron chi connectivity index (χ1n) is 8.70. The zero-order valence-corrected chi connectivity index (χ0v) is 13.8. The summed E-state index contributed by atoms with van der Waals surface area (Å²) in [6.45, 7) is 5.37. The second kappa shape index (κ2) is 7.11. The third-order valence-corrected chi connectivity index (χ3v) is 4.81. The highest BCUT2D eigenvalue weighted by molar-refractivity contribution is 5.98. The maximum atomic E-state index is 12.6. The number of nitrogens with zero attached hydrogens (tertiary/aromatic N) is 3. The van der Waals surface area contributed by atoms with Crippen LogP contribution in [0.1, 0.15) is 59.9 Å². The summed E-state index contributed by atoms with van der Waals surface area (Å²) in [5.41, 5.74) is 0.970. The molecule has 2 aliphatic rings. The molecule has 0 aliphatic carbocycles. The van der Waals surface area contributed by atoms with Crippen molar-refractivity contribution in [2.45, 2.75) is 39.0 Å². The van der Waals surface area contributed by atoms with E-state index in [0.29, 0.717) is 17.2 Å². The summed E-state index contributed by atoms with van der Waals surface area (Å²) in [6, 6.07) is 3.38. The predicted molar refractivity (Wildman–Crippen MR) is 88.3 cm³/mol. The SMILES string of the molecule is CC1CCCN(C(=O)c2cc(C(=O)N3CCCCC3)ccn2)C1. The Labute approximate surface area is 137 Å². The highest BCUT2D eigenvalue weighted by atomic mass is 16.2. The number of piperidine rings is 2. The molecule has 1 atom stereocenters. The first-order valence-corrected chi connectivity index (χ1v) is 8.70. The van der Waals surface area contributed by atoms with Crippen molar-refractivity contribution in [3.05, 3.63) is 29.6 Å². The monoisotopic (exact) mass is 315 g/mol. The van der Waals surface area contributed by atoms with Crippen molar-refractivity contribution in [2.24, 2.45) is 5.92 Å². The Morgan fingerprint density at radius 1 is 1.04 bits per heavy atom. The second-order valence-corrected chi connectivity index (χ2v) is 6.78. The van der Waals surface area contributed by atoms with Crippen LogP contribution in [0.2, 0.25) is 0 Å². The van der Waals surface area contributed by atoms with Gasteiger partial charge in [0.2, 0.25) is 0 Å². The lowest BCUT2D eigenvalue weighted by molar-refractivity contribution is 0.0677. The summed E-state index contributed by atoms with van der Waals surface area (Å²) in [6.07, 6.45) is 7.11. The van der Waals surface area contributed by atoms with Crippen LogP contribution in [-0.4, -0.2) is 52.8 Å². The molecule has 0 spiro atoms. The molecule has 1 aromatic heterocycles. The van der Waals surface area contributed by atoms with E-state index in [9.17, 15) is 9.59 Å². The lowest BCUT2D eigenvalue weighted by Gasteiger charge is -2.30. The molecular weight excluding hydrogens is 290 g/mol. The van der Waals surface area contributed by atoms with Crippen LogP contribution in [0.3, 0.4) is 0 Å². The molecule has 0 bridgehead atoms. The molecule has 5 nitrogen and oxygen atoms in total. The number of hydrogen-bond donors (Lipinski definition) is 0. The molecule has 1 aromatic rings. The molecule has 124 valence electrons. The van der Waals surface area contributed by atoms with Crippen LogP contribution in [0.4, 0.5) is 0 Å². The van der Waals surface area contributed by atoms with Crippen LogP contribution < -0.4 is 0 Å². The number of pyridine rings is 1. The molecule has 5 heteroatoms. The average Bonchev–Trinajstić information content (AvgIpc) is 2.61. The van der Waals surface area contributed by atoms with Crippen molar-refractivity contribution >= 4 is 11.8 Å². The molecule has 0 aromatic carbocycles. The number of likely N-dealkylation sites (tertiary alicyclic amines) is 2. The third kappa shape index (κ3) is 3.71. The molecule has 23 heavy (non-hydrogen) atoms. The van der Waals surface area contributed by atoms with Crippen LogP contribution >= 0.6 is 0 Å². The molecule has 3 heterocycles. The van der Waals surface area contributed by atoms with Crippen molar-refractivity contribution in [3.8, 4) is 0 Å². The third-order valence-electron chi connectivity index (χ3n) is 4.81. The zero-order chi connectivity index (χ0) is 16.2. The minimum atomic E-state index is -0.0511. The molecule has 3 rings (SSSR count).